The Kier molecular flexibility index (Phi) is 1.75. The van der Waals surface area contributed by atoms with Crippen molar-refractivity contribution in [2.75, 3.05) is 0 Å². The predicted octanol–water partition coefficient (Wildman–Crippen LogP) is 1.77. The van der Waals surface area contributed by atoms with Gasteiger partial charge in [-0.1, -0.05) is 0 Å². The van der Waals surface area contributed by atoms with Crippen molar-refractivity contribution in [1.82, 2.24) is 10.2 Å². The maximum absolute atomic E-state index is 11.6. The molecule has 0 N–H and O–H groups in total. The van der Waals surface area contributed by atoms with E-state index in [1.165, 1.54) is 0 Å². The summed E-state index contributed by atoms with van der Waals surface area (Å²) in [5.41, 5.74) is 0. The Morgan fingerprint density at radius 2 is 2.11 bits per heavy atom. The van der Waals surface area contributed by atoms with E-state index in [0.29, 0.717) is 0 Å². The second kappa shape index (κ2) is 2.38. The monoisotopic (exact) mass is 198 g/mol. The molecule has 1 heterocycles. The molecule has 0 unspecified atom stereocenters. The number of rotatable bonds is 1. The third-order valence-electron chi connectivity index (χ3n) is 0.603. The van der Waals surface area contributed by atoms with Crippen LogP contribution in [0.25, 0.3) is 0 Å². The molecule has 0 aliphatic rings. The molecule has 0 aromatic carbocycles. The first-order valence-corrected chi connectivity index (χ1v) is 2.76. The molecule has 0 amide bonds. The fourth-order valence-electron chi connectivity index (χ4n) is 0.304. The predicted molar refractivity (Wildman–Crippen MR) is 27.0 cm³/mol. The fraction of sp³-hybridized carbons (Fsp3) is 0.333. The largest absolute Gasteiger partial charge is 0.410 e. The van der Waals surface area contributed by atoms with Crippen LogP contribution in [0.5, 0.6) is 0 Å². The average molecular weight is 199 g/mol. The summed E-state index contributed by atoms with van der Waals surface area (Å²) >= 11 is 2.73. The molecule has 6 heteroatoms. The van der Waals surface area contributed by atoms with Gasteiger partial charge in [0.15, 0.2) is 0 Å². The van der Waals surface area contributed by atoms with Crippen molar-refractivity contribution in [2.45, 2.75) is 6.43 Å². The first-order valence-electron chi connectivity index (χ1n) is 1.97. The number of aromatic nitrogens is 2. The van der Waals surface area contributed by atoms with Crippen molar-refractivity contribution in [3.8, 4) is 0 Å². The van der Waals surface area contributed by atoms with E-state index in [0.717, 1.165) is 0 Å². The summed E-state index contributed by atoms with van der Waals surface area (Å²) in [6.45, 7) is 0. The lowest BCUT2D eigenvalue weighted by atomic mass is 10.7. The van der Waals surface area contributed by atoms with E-state index < -0.39 is 12.3 Å². The molecule has 0 aliphatic heterocycles. The maximum Gasteiger partial charge on any atom is 0.314 e. The molecule has 0 saturated carbocycles. The van der Waals surface area contributed by atoms with Gasteiger partial charge in [-0.2, -0.15) is 8.78 Å². The Bertz CT molecular complexity index is 201. The van der Waals surface area contributed by atoms with Gasteiger partial charge in [0.25, 0.3) is 10.7 Å². The van der Waals surface area contributed by atoms with Crippen molar-refractivity contribution in [2.24, 2.45) is 0 Å². The van der Waals surface area contributed by atoms with Gasteiger partial charge in [-0.15, -0.1) is 10.2 Å². The molecule has 50 valence electrons. The van der Waals surface area contributed by atoms with Gasteiger partial charge in [-0.3, -0.25) is 0 Å². The summed E-state index contributed by atoms with van der Waals surface area (Å²) in [5, 5.41) is 6.16. The minimum atomic E-state index is -2.69. The van der Waals surface area contributed by atoms with E-state index in [1.807, 2.05) is 0 Å². The summed E-state index contributed by atoms with van der Waals surface area (Å²) in [6.07, 6.45) is -2.69. The van der Waals surface area contributed by atoms with E-state index in [1.54, 1.807) is 0 Å². The summed E-state index contributed by atoms with van der Waals surface area (Å²) in [6, 6.07) is 0. The standard InChI is InChI=1S/C3HBrF2N2O/c4-3-8-7-2(9-3)1(5)6/h1H. The Labute approximate surface area is 57.2 Å². The lowest BCUT2D eigenvalue weighted by Crippen LogP contribution is -1.81. The molecule has 1 rings (SSSR count). The van der Waals surface area contributed by atoms with Gasteiger partial charge >= 0.3 is 6.43 Å². The van der Waals surface area contributed by atoms with Crippen LogP contribution in [0.1, 0.15) is 12.3 Å². The SMILES string of the molecule is FC(F)c1nnc(Br)o1. The molecule has 1 aromatic rings. The van der Waals surface area contributed by atoms with Crippen molar-refractivity contribution < 1.29 is 13.2 Å². The summed E-state index contributed by atoms with van der Waals surface area (Å²) < 4.78 is 27.4. The van der Waals surface area contributed by atoms with Crippen molar-refractivity contribution in [1.29, 1.82) is 0 Å². The highest BCUT2D eigenvalue weighted by atomic mass is 79.9. The molecule has 0 aliphatic carbocycles. The topological polar surface area (TPSA) is 38.9 Å². The molecule has 0 saturated heterocycles. The number of nitrogens with zero attached hydrogens (tertiary/aromatic N) is 2. The molecule has 0 fully saturated rings. The van der Waals surface area contributed by atoms with Crippen LogP contribution in [0.4, 0.5) is 8.78 Å². The highest BCUT2D eigenvalue weighted by Crippen LogP contribution is 2.18. The van der Waals surface area contributed by atoms with Crippen LogP contribution < -0.4 is 0 Å². The lowest BCUT2D eigenvalue weighted by molar-refractivity contribution is 0.114. The Hall–Kier alpha value is -0.520. The quantitative estimate of drug-likeness (QED) is 0.691. The number of hydrogen-bond acceptors (Lipinski definition) is 3. The van der Waals surface area contributed by atoms with E-state index in [4.69, 9.17) is 0 Å². The number of halogens is 3. The molecular weight excluding hydrogens is 198 g/mol. The van der Waals surface area contributed by atoms with Crippen LogP contribution in [0.3, 0.4) is 0 Å². The van der Waals surface area contributed by atoms with Crippen LogP contribution in [0.2, 0.25) is 0 Å². The molecule has 0 spiro atoms. The zero-order valence-electron chi connectivity index (χ0n) is 4.01. The van der Waals surface area contributed by atoms with E-state index in [2.05, 4.69) is 30.5 Å². The molecule has 0 bridgehead atoms. The second-order valence-corrected chi connectivity index (χ2v) is 1.87. The summed E-state index contributed by atoms with van der Waals surface area (Å²) in [5.74, 6) is -0.665. The third-order valence-corrected chi connectivity index (χ3v) is 0.923. The highest BCUT2D eigenvalue weighted by molar-refractivity contribution is 9.10. The van der Waals surface area contributed by atoms with Crippen LogP contribution in [-0.4, -0.2) is 10.2 Å². The molecule has 0 radical (unpaired) electrons. The normalized spacial score (nSPS) is 10.7. The summed E-state index contributed by atoms with van der Waals surface area (Å²) in [7, 11) is 0. The molecule has 1 aromatic heterocycles. The molecule has 0 atom stereocenters. The van der Waals surface area contributed by atoms with Crippen LogP contribution in [0.15, 0.2) is 9.22 Å². The second-order valence-electron chi connectivity index (χ2n) is 1.19. The van der Waals surface area contributed by atoms with E-state index >= 15 is 0 Å². The van der Waals surface area contributed by atoms with Crippen LogP contribution in [-0.2, 0) is 0 Å². The Morgan fingerprint density at radius 3 is 2.33 bits per heavy atom. The van der Waals surface area contributed by atoms with Crippen molar-refractivity contribution in [3.63, 3.8) is 0 Å². The van der Waals surface area contributed by atoms with Crippen molar-refractivity contribution >= 4 is 15.9 Å². The maximum atomic E-state index is 11.6. The van der Waals surface area contributed by atoms with Gasteiger partial charge in [0, 0.05) is 15.9 Å². The lowest BCUT2D eigenvalue weighted by Gasteiger charge is -1.84. The zero-order valence-corrected chi connectivity index (χ0v) is 5.60. The zero-order chi connectivity index (χ0) is 6.85. The van der Waals surface area contributed by atoms with E-state index in [-0.39, 0.29) is 4.80 Å². The summed E-state index contributed by atoms with van der Waals surface area (Å²) in [4.78, 5) is -0.0298. The Morgan fingerprint density at radius 1 is 1.44 bits per heavy atom. The molecule has 3 nitrogen and oxygen atoms in total. The first-order chi connectivity index (χ1) is 4.20. The van der Waals surface area contributed by atoms with Gasteiger partial charge in [-0.25, -0.2) is 0 Å². The third kappa shape index (κ3) is 1.44. The Balaban J connectivity index is 2.85. The number of hydrogen-bond donors (Lipinski definition) is 0. The molecular formula is C3HBrF2N2O. The minimum absolute atomic E-state index is 0.0298. The van der Waals surface area contributed by atoms with E-state index in [9.17, 15) is 8.78 Å². The minimum Gasteiger partial charge on any atom is -0.410 e. The van der Waals surface area contributed by atoms with Gasteiger partial charge < -0.3 is 4.42 Å². The first kappa shape index (κ1) is 6.60. The fourth-order valence-corrected chi connectivity index (χ4v) is 0.549. The van der Waals surface area contributed by atoms with Gasteiger partial charge in [0.1, 0.15) is 0 Å². The van der Waals surface area contributed by atoms with Gasteiger partial charge in [0.2, 0.25) is 0 Å². The highest BCUT2D eigenvalue weighted by Gasteiger charge is 2.14. The number of alkyl halides is 2. The van der Waals surface area contributed by atoms with Gasteiger partial charge in [-0.05, 0) is 0 Å². The van der Waals surface area contributed by atoms with Crippen LogP contribution >= 0.6 is 15.9 Å². The molecule has 9 heavy (non-hydrogen) atoms. The van der Waals surface area contributed by atoms with Crippen LogP contribution in [0, 0.1) is 0 Å². The van der Waals surface area contributed by atoms with Gasteiger partial charge in [0.05, 0.1) is 0 Å². The average Bonchev–Trinajstić information content (AvgIpc) is 2.14. The smallest absolute Gasteiger partial charge is 0.314 e. The van der Waals surface area contributed by atoms with Crippen molar-refractivity contribution in [3.05, 3.63) is 10.7 Å².